The summed E-state index contributed by atoms with van der Waals surface area (Å²) in [6, 6.07) is 16.7. The molecule has 0 aliphatic rings. The molecule has 0 aliphatic heterocycles. The van der Waals surface area contributed by atoms with Crippen LogP contribution in [0.1, 0.15) is 46.9 Å². The molecule has 7 nitrogen and oxygen atoms in total. The standard InChI is InChI=1S/C26H26F3N3O4/c1-16(2)32(24(34)22-23(33)17(3)14-30-31-22)15-20(36-25(35)26(27,28)29)21(18-10-6-4-7-11-18)19-12-8-5-9-13-19/h4-14,16,20-21H,15H2,1-3H3,(H,30,33)/t20-/m0/s1. The van der Waals surface area contributed by atoms with Crippen molar-refractivity contribution in [3.05, 3.63) is 99.5 Å². The number of hydrogen-bond acceptors (Lipinski definition) is 5. The maximum absolute atomic E-state index is 13.4. The van der Waals surface area contributed by atoms with Crippen LogP contribution >= 0.6 is 0 Å². The number of aryl methyl sites for hydroxylation is 1. The summed E-state index contributed by atoms with van der Waals surface area (Å²) in [7, 11) is 0. The Hall–Kier alpha value is -3.95. The summed E-state index contributed by atoms with van der Waals surface area (Å²) in [6.45, 7) is 4.38. The van der Waals surface area contributed by atoms with Gasteiger partial charge in [-0.1, -0.05) is 60.7 Å². The van der Waals surface area contributed by atoms with E-state index in [1.165, 1.54) is 18.0 Å². The summed E-state index contributed by atoms with van der Waals surface area (Å²) in [4.78, 5) is 39.1. The Bertz CT molecular complexity index is 1210. The third-order valence-corrected chi connectivity index (χ3v) is 5.67. The van der Waals surface area contributed by atoms with Crippen LogP contribution < -0.4 is 5.43 Å². The molecule has 10 heteroatoms. The Balaban J connectivity index is 2.11. The van der Waals surface area contributed by atoms with Gasteiger partial charge in [-0.15, -0.1) is 0 Å². The maximum Gasteiger partial charge on any atom is 0.490 e. The van der Waals surface area contributed by atoms with Crippen LogP contribution in [0.5, 0.6) is 0 Å². The van der Waals surface area contributed by atoms with E-state index < -0.39 is 53.8 Å². The fourth-order valence-electron chi connectivity index (χ4n) is 3.86. The van der Waals surface area contributed by atoms with E-state index in [1.807, 2.05) is 0 Å². The van der Waals surface area contributed by atoms with Crippen LogP contribution in [-0.2, 0) is 9.53 Å². The van der Waals surface area contributed by atoms with E-state index >= 15 is 0 Å². The molecule has 1 atom stereocenters. The lowest BCUT2D eigenvalue weighted by Crippen LogP contribution is -2.48. The molecule has 0 unspecified atom stereocenters. The van der Waals surface area contributed by atoms with Crippen LogP contribution in [0.25, 0.3) is 0 Å². The van der Waals surface area contributed by atoms with Gasteiger partial charge in [0, 0.05) is 23.7 Å². The van der Waals surface area contributed by atoms with E-state index in [-0.39, 0.29) is 5.56 Å². The van der Waals surface area contributed by atoms with E-state index in [4.69, 9.17) is 4.74 Å². The number of carbonyl (C=O) groups excluding carboxylic acids is 2. The Morgan fingerprint density at radius 2 is 1.53 bits per heavy atom. The van der Waals surface area contributed by atoms with Gasteiger partial charge in [0.25, 0.3) is 5.91 Å². The zero-order chi connectivity index (χ0) is 26.5. The number of nitrogens with zero attached hydrogens (tertiary/aromatic N) is 2. The molecule has 1 amide bonds. The van der Waals surface area contributed by atoms with Crippen molar-refractivity contribution in [2.24, 2.45) is 0 Å². The molecule has 0 spiro atoms. The van der Waals surface area contributed by atoms with Crippen LogP contribution in [0, 0.1) is 6.92 Å². The summed E-state index contributed by atoms with van der Waals surface area (Å²) in [5, 5.41) is 6.29. The molecular weight excluding hydrogens is 475 g/mol. The van der Waals surface area contributed by atoms with Crippen molar-refractivity contribution in [3.8, 4) is 0 Å². The van der Waals surface area contributed by atoms with Crippen molar-refractivity contribution < 1.29 is 27.5 Å². The third-order valence-electron chi connectivity index (χ3n) is 5.67. The minimum Gasteiger partial charge on any atom is -0.453 e. The van der Waals surface area contributed by atoms with Crippen molar-refractivity contribution in [2.75, 3.05) is 6.54 Å². The second-order valence-electron chi connectivity index (χ2n) is 8.54. The number of H-pyrrole nitrogens is 1. The summed E-state index contributed by atoms with van der Waals surface area (Å²) >= 11 is 0. The number of benzene rings is 2. The Labute approximate surface area is 205 Å². The number of hydrogen-bond donors (Lipinski definition) is 1. The summed E-state index contributed by atoms with van der Waals surface area (Å²) in [5.74, 6) is -3.99. The minimum atomic E-state index is -5.24. The highest BCUT2D eigenvalue weighted by atomic mass is 19.4. The van der Waals surface area contributed by atoms with Crippen molar-refractivity contribution in [1.82, 2.24) is 15.1 Å². The van der Waals surface area contributed by atoms with Gasteiger partial charge in [-0.25, -0.2) is 4.79 Å². The highest BCUT2D eigenvalue weighted by Crippen LogP contribution is 2.32. The number of rotatable bonds is 8. The van der Waals surface area contributed by atoms with E-state index in [2.05, 4.69) is 10.2 Å². The van der Waals surface area contributed by atoms with Gasteiger partial charge >= 0.3 is 12.1 Å². The number of aromatic nitrogens is 2. The zero-order valence-corrected chi connectivity index (χ0v) is 20.0. The molecule has 3 rings (SSSR count). The SMILES string of the molecule is Cc1c[nH]nc(C(=O)N(C[C@H](OC(=O)C(F)(F)F)C(c2ccccc2)c2ccccc2)C(C)C)c1=O. The molecule has 1 heterocycles. The van der Waals surface area contributed by atoms with Crippen LogP contribution in [0.3, 0.4) is 0 Å². The van der Waals surface area contributed by atoms with Gasteiger partial charge in [-0.2, -0.15) is 18.3 Å². The van der Waals surface area contributed by atoms with Crippen LogP contribution in [0.2, 0.25) is 0 Å². The molecule has 0 aliphatic carbocycles. The molecule has 0 saturated carbocycles. The lowest BCUT2D eigenvalue weighted by atomic mass is 9.86. The maximum atomic E-state index is 13.4. The highest BCUT2D eigenvalue weighted by molar-refractivity contribution is 5.92. The molecule has 1 aromatic heterocycles. The average molecular weight is 502 g/mol. The number of esters is 1. The Morgan fingerprint density at radius 1 is 1.00 bits per heavy atom. The molecule has 0 fully saturated rings. The first-order valence-corrected chi connectivity index (χ1v) is 11.2. The highest BCUT2D eigenvalue weighted by Gasteiger charge is 2.44. The third kappa shape index (κ3) is 6.18. The van der Waals surface area contributed by atoms with Gasteiger partial charge in [-0.05, 0) is 31.9 Å². The van der Waals surface area contributed by atoms with Crippen molar-refractivity contribution in [2.45, 2.75) is 45.0 Å². The smallest absolute Gasteiger partial charge is 0.453 e. The molecule has 2 aromatic carbocycles. The quantitative estimate of drug-likeness (QED) is 0.467. The fraction of sp³-hybridized carbons (Fsp3) is 0.308. The van der Waals surface area contributed by atoms with Gasteiger partial charge in [0.15, 0.2) is 5.69 Å². The normalized spacial score (nSPS) is 12.4. The van der Waals surface area contributed by atoms with E-state index in [1.54, 1.807) is 74.5 Å². The van der Waals surface area contributed by atoms with E-state index in [0.29, 0.717) is 11.1 Å². The topological polar surface area (TPSA) is 92.4 Å². The largest absolute Gasteiger partial charge is 0.490 e. The predicted molar refractivity (Wildman–Crippen MR) is 126 cm³/mol. The first kappa shape index (κ1) is 26.7. The summed E-state index contributed by atoms with van der Waals surface area (Å²) < 4.78 is 44.9. The lowest BCUT2D eigenvalue weighted by molar-refractivity contribution is -0.206. The number of alkyl halides is 3. The Kier molecular flexibility index (Phi) is 8.29. The Morgan fingerprint density at radius 3 is 2.00 bits per heavy atom. The van der Waals surface area contributed by atoms with Gasteiger partial charge in [0.05, 0.1) is 6.54 Å². The van der Waals surface area contributed by atoms with Gasteiger partial charge in [-0.3, -0.25) is 14.7 Å². The molecular formula is C26H26F3N3O4. The first-order valence-electron chi connectivity index (χ1n) is 11.2. The number of halogens is 3. The van der Waals surface area contributed by atoms with Gasteiger partial charge < -0.3 is 9.64 Å². The van der Waals surface area contributed by atoms with Crippen LogP contribution in [0.15, 0.2) is 71.7 Å². The van der Waals surface area contributed by atoms with Crippen molar-refractivity contribution >= 4 is 11.9 Å². The number of nitrogens with one attached hydrogen (secondary N) is 1. The second kappa shape index (κ2) is 11.2. The molecule has 36 heavy (non-hydrogen) atoms. The monoisotopic (exact) mass is 501 g/mol. The second-order valence-corrected chi connectivity index (χ2v) is 8.54. The van der Waals surface area contributed by atoms with Crippen LogP contribution in [-0.4, -0.2) is 51.8 Å². The fourth-order valence-corrected chi connectivity index (χ4v) is 3.86. The number of amides is 1. The van der Waals surface area contributed by atoms with E-state index in [9.17, 15) is 27.6 Å². The molecule has 190 valence electrons. The molecule has 0 bridgehead atoms. The van der Waals surface area contributed by atoms with Gasteiger partial charge in [0.1, 0.15) is 6.10 Å². The van der Waals surface area contributed by atoms with Crippen LogP contribution in [0.4, 0.5) is 13.2 Å². The minimum absolute atomic E-state index is 0.253. The lowest BCUT2D eigenvalue weighted by Gasteiger charge is -2.34. The summed E-state index contributed by atoms with van der Waals surface area (Å²) in [6.07, 6.45) is -5.33. The van der Waals surface area contributed by atoms with Crippen molar-refractivity contribution in [3.63, 3.8) is 0 Å². The molecule has 1 N–H and O–H groups in total. The predicted octanol–water partition coefficient (Wildman–Crippen LogP) is 4.24. The number of aromatic amines is 1. The van der Waals surface area contributed by atoms with E-state index in [0.717, 1.165) is 0 Å². The summed E-state index contributed by atoms with van der Waals surface area (Å²) in [5.41, 5.74) is 0.428. The zero-order valence-electron chi connectivity index (χ0n) is 20.0. The van der Waals surface area contributed by atoms with Gasteiger partial charge in [0.2, 0.25) is 5.43 Å². The molecule has 0 radical (unpaired) electrons. The molecule has 0 saturated heterocycles. The number of ether oxygens (including phenoxy) is 1. The average Bonchev–Trinajstić information content (AvgIpc) is 2.84. The molecule has 3 aromatic rings. The number of carbonyl (C=O) groups is 2. The van der Waals surface area contributed by atoms with Crippen molar-refractivity contribution in [1.29, 1.82) is 0 Å². The first-order chi connectivity index (χ1) is 17.0.